The summed E-state index contributed by atoms with van der Waals surface area (Å²) in [6.45, 7) is 16.4. The third kappa shape index (κ3) is 4.52. The van der Waals surface area contributed by atoms with Gasteiger partial charge < -0.3 is 9.88 Å². The molecule has 0 unspecified atom stereocenters. The molecule has 7 nitrogen and oxygen atoms in total. The standard InChI is InChI=1S/C25H33N7/c1-15(32-18(4)26-17(3)30-32)13-22(27-16(2)29-25(5,6)7)19-14-20(19)24-28-21-11-9-10-12-23(21)31(24)8/h9-13,19-20H,1,14H2,2-8H3,(H,27,29)/b22-13-/t19-,20-/m0/s1. The van der Waals surface area contributed by atoms with Crippen molar-refractivity contribution in [3.63, 3.8) is 0 Å². The van der Waals surface area contributed by atoms with Gasteiger partial charge >= 0.3 is 0 Å². The lowest BCUT2D eigenvalue weighted by atomic mass is 10.1. The van der Waals surface area contributed by atoms with E-state index in [0.717, 1.165) is 52.2 Å². The van der Waals surface area contributed by atoms with Crippen LogP contribution in [0.5, 0.6) is 0 Å². The van der Waals surface area contributed by atoms with Gasteiger partial charge in [0.1, 0.15) is 17.5 Å². The van der Waals surface area contributed by atoms with Crippen LogP contribution in [-0.2, 0) is 7.05 Å². The maximum absolute atomic E-state index is 4.93. The summed E-state index contributed by atoms with van der Waals surface area (Å²) >= 11 is 0. The van der Waals surface area contributed by atoms with E-state index in [1.165, 1.54) is 0 Å². The molecular formula is C25H33N7. The number of nitrogens with zero attached hydrogens (tertiary/aromatic N) is 6. The van der Waals surface area contributed by atoms with Crippen molar-refractivity contribution in [2.75, 3.05) is 0 Å². The molecule has 32 heavy (non-hydrogen) atoms. The average molecular weight is 432 g/mol. The maximum Gasteiger partial charge on any atom is 0.148 e. The first-order chi connectivity index (χ1) is 15.0. The number of hydrogen-bond acceptors (Lipinski definition) is 4. The van der Waals surface area contributed by atoms with Crippen LogP contribution < -0.4 is 5.32 Å². The molecule has 0 radical (unpaired) electrons. The van der Waals surface area contributed by atoms with Crippen molar-refractivity contribution in [2.24, 2.45) is 18.0 Å². The molecule has 2 atom stereocenters. The van der Waals surface area contributed by atoms with E-state index in [1.54, 1.807) is 4.68 Å². The topological polar surface area (TPSA) is 72.9 Å². The van der Waals surface area contributed by atoms with Crippen LogP contribution in [0.2, 0.25) is 0 Å². The molecule has 2 heterocycles. The van der Waals surface area contributed by atoms with Gasteiger partial charge in [0.05, 0.1) is 28.1 Å². The molecule has 1 aromatic carbocycles. The molecule has 1 saturated carbocycles. The van der Waals surface area contributed by atoms with Crippen LogP contribution in [0.3, 0.4) is 0 Å². The molecule has 1 aliphatic carbocycles. The number of aliphatic imine (C=N–C) groups is 1. The zero-order valence-electron chi connectivity index (χ0n) is 20.1. The van der Waals surface area contributed by atoms with Crippen molar-refractivity contribution >= 4 is 22.6 Å². The van der Waals surface area contributed by atoms with E-state index in [2.05, 4.69) is 78.6 Å². The molecule has 7 heteroatoms. The first kappa shape index (κ1) is 22.0. The zero-order chi connectivity index (χ0) is 23.2. The van der Waals surface area contributed by atoms with Gasteiger partial charge in [-0.2, -0.15) is 5.10 Å². The Bertz CT molecular complexity index is 1230. The van der Waals surface area contributed by atoms with Crippen LogP contribution in [0.25, 0.3) is 16.7 Å². The highest BCUT2D eigenvalue weighted by atomic mass is 15.3. The summed E-state index contributed by atoms with van der Waals surface area (Å²) in [7, 11) is 2.10. The van der Waals surface area contributed by atoms with Crippen LogP contribution in [-0.4, -0.2) is 35.7 Å². The van der Waals surface area contributed by atoms with Gasteiger partial charge in [0, 0.05) is 24.6 Å². The summed E-state index contributed by atoms with van der Waals surface area (Å²) in [5.41, 5.74) is 3.92. The highest BCUT2D eigenvalue weighted by molar-refractivity contribution is 5.82. The van der Waals surface area contributed by atoms with Crippen molar-refractivity contribution in [3.05, 3.63) is 60.1 Å². The fourth-order valence-corrected chi connectivity index (χ4v) is 4.33. The summed E-state index contributed by atoms with van der Waals surface area (Å²) in [5.74, 6) is 4.23. The number of aromatic nitrogens is 5. The quantitative estimate of drug-likeness (QED) is 0.360. The van der Waals surface area contributed by atoms with E-state index in [9.17, 15) is 0 Å². The number of allylic oxidation sites excluding steroid dienone is 3. The smallest absolute Gasteiger partial charge is 0.148 e. The monoisotopic (exact) mass is 431 g/mol. The number of benzene rings is 1. The largest absolute Gasteiger partial charge is 0.347 e. The Hall–Kier alpha value is -3.22. The molecule has 1 fully saturated rings. The number of aryl methyl sites for hydroxylation is 3. The van der Waals surface area contributed by atoms with Gasteiger partial charge in [-0.25, -0.2) is 14.6 Å². The Morgan fingerprint density at radius 1 is 1.22 bits per heavy atom. The predicted octanol–water partition coefficient (Wildman–Crippen LogP) is 4.75. The predicted molar refractivity (Wildman–Crippen MR) is 130 cm³/mol. The number of hydrogen-bond donors (Lipinski definition) is 1. The third-order valence-corrected chi connectivity index (χ3v) is 5.64. The summed E-state index contributed by atoms with van der Waals surface area (Å²) in [6, 6.07) is 8.29. The minimum absolute atomic E-state index is 0.154. The molecule has 4 rings (SSSR count). The van der Waals surface area contributed by atoms with Crippen molar-refractivity contribution in [3.8, 4) is 0 Å². The van der Waals surface area contributed by atoms with E-state index in [4.69, 9.17) is 9.98 Å². The number of fused-ring (bicyclic) bond motifs is 1. The van der Waals surface area contributed by atoms with E-state index in [0.29, 0.717) is 11.8 Å². The molecule has 0 saturated heterocycles. The van der Waals surface area contributed by atoms with Crippen molar-refractivity contribution < 1.29 is 0 Å². The van der Waals surface area contributed by atoms with Crippen molar-refractivity contribution in [1.82, 2.24) is 29.6 Å². The van der Waals surface area contributed by atoms with Gasteiger partial charge in [-0.3, -0.25) is 4.99 Å². The number of imidazole rings is 1. The second kappa shape index (κ2) is 8.04. The Kier molecular flexibility index (Phi) is 5.53. The van der Waals surface area contributed by atoms with Gasteiger partial charge in [0.2, 0.25) is 0 Å². The third-order valence-electron chi connectivity index (χ3n) is 5.64. The first-order valence-electron chi connectivity index (χ1n) is 11.1. The Morgan fingerprint density at radius 3 is 2.56 bits per heavy atom. The number of rotatable bonds is 5. The van der Waals surface area contributed by atoms with Gasteiger partial charge in [-0.15, -0.1) is 0 Å². The fourth-order valence-electron chi connectivity index (χ4n) is 4.33. The summed E-state index contributed by atoms with van der Waals surface area (Å²) in [6.07, 6.45) is 3.11. The molecule has 0 aliphatic heterocycles. The minimum atomic E-state index is -0.154. The Labute approximate surface area is 190 Å². The summed E-state index contributed by atoms with van der Waals surface area (Å²) in [4.78, 5) is 14.1. The Morgan fingerprint density at radius 2 is 1.94 bits per heavy atom. The zero-order valence-corrected chi connectivity index (χ0v) is 20.1. The van der Waals surface area contributed by atoms with Crippen LogP contribution in [0.1, 0.15) is 57.5 Å². The van der Waals surface area contributed by atoms with E-state index >= 15 is 0 Å². The van der Waals surface area contributed by atoms with E-state index in [-0.39, 0.29) is 5.54 Å². The molecule has 1 aliphatic rings. The fraction of sp³-hybridized carbons (Fsp3) is 0.440. The number of nitrogens with one attached hydrogen (secondary N) is 1. The number of amidine groups is 1. The minimum Gasteiger partial charge on any atom is -0.347 e. The van der Waals surface area contributed by atoms with Crippen LogP contribution in [0.15, 0.2) is 47.6 Å². The van der Waals surface area contributed by atoms with Gasteiger partial charge in [0.25, 0.3) is 0 Å². The van der Waals surface area contributed by atoms with Gasteiger partial charge in [0.15, 0.2) is 0 Å². The average Bonchev–Trinajstić information content (AvgIpc) is 3.31. The van der Waals surface area contributed by atoms with Crippen LogP contribution in [0, 0.1) is 19.8 Å². The number of para-hydroxylation sites is 2. The van der Waals surface area contributed by atoms with E-state index in [1.807, 2.05) is 26.8 Å². The second-order valence-corrected chi connectivity index (χ2v) is 9.67. The lowest BCUT2D eigenvalue weighted by Crippen LogP contribution is -2.26. The van der Waals surface area contributed by atoms with Crippen molar-refractivity contribution in [2.45, 2.75) is 59.4 Å². The van der Waals surface area contributed by atoms with Crippen LogP contribution >= 0.6 is 0 Å². The first-order valence-corrected chi connectivity index (χ1v) is 11.1. The summed E-state index contributed by atoms with van der Waals surface area (Å²) in [5, 5.41) is 8.06. The SMILES string of the molecule is C=C(/C=C(\NC(C)=NC(C)(C)C)[C@H]1C[C@@H]1c1nc2ccccc2n1C)n1nc(C)nc1C. The molecule has 0 bridgehead atoms. The lowest BCUT2D eigenvalue weighted by Gasteiger charge is -2.17. The Balaban J connectivity index is 1.66. The molecule has 168 valence electrons. The molecule has 1 N–H and O–H groups in total. The molecule has 3 aromatic rings. The lowest BCUT2D eigenvalue weighted by molar-refractivity contribution is 0.579. The maximum atomic E-state index is 4.93. The van der Waals surface area contributed by atoms with E-state index < -0.39 is 0 Å². The van der Waals surface area contributed by atoms with Crippen LogP contribution in [0.4, 0.5) is 0 Å². The highest BCUT2D eigenvalue weighted by Crippen LogP contribution is 2.51. The highest BCUT2D eigenvalue weighted by Gasteiger charge is 2.44. The normalized spacial score (nSPS) is 19.5. The molecule has 0 spiro atoms. The molecule has 2 aromatic heterocycles. The van der Waals surface area contributed by atoms with Crippen molar-refractivity contribution in [1.29, 1.82) is 0 Å². The van der Waals surface area contributed by atoms with Gasteiger partial charge in [-0.1, -0.05) is 18.7 Å². The molecule has 0 amide bonds. The van der Waals surface area contributed by atoms with Gasteiger partial charge in [-0.05, 0) is 66.2 Å². The summed E-state index contributed by atoms with van der Waals surface area (Å²) < 4.78 is 4.01. The second-order valence-electron chi connectivity index (χ2n) is 9.67. The molecular weight excluding hydrogens is 398 g/mol.